The van der Waals surface area contributed by atoms with E-state index >= 15 is 0 Å². The first-order chi connectivity index (χ1) is 13.0. The number of carbonyl (C=O) groups excluding carboxylic acids is 3. The van der Waals surface area contributed by atoms with Gasteiger partial charge in [-0.1, -0.05) is 25.5 Å². The number of hydrogen-bond donors (Lipinski definition) is 0. The molecular weight excluding hydrogens is 366 g/mol. The number of imide groups is 1. The van der Waals surface area contributed by atoms with Crippen molar-refractivity contribution in [3.63, 3.8) is 0 Å². The molecule has 7 nitrogen and oxygen atoms in total. The number of hydrogen-bond acceptors (Lipinski definition) is 6. The standard InChI is InChI=1S/C19H23N3O4S/c1-3-16(23)17-20-14-9-5-6-10-15(14)22(17)27-12-8-4-7-11-21-18(24)13(2)26-19(21)25/h5-6,9-10,13H,3-4,7-8,11-12H2,1-2H3. The highest BCUT2D eigenvalue weighted by Gasteiger charge is 2.36. The summed E-state index contributed by atoms with van der Waals surface area (Å²) in [6, 6.07) is 7.73. The van der Waals surface area contributed by atoms with E-state index in [2.05, 4.69) is 4.98 Å². The maximum Gasteiger partial charge on any atom is 0.417 e. The molecule has 0 radical (unpaired) electrons. The predicted octanol–water partition coefficient (Wildman–Crippen LogP) is 3.66. The lowest BCUT2D eigenvalue weighted by atomic mass is 10.2. The van der Waals surface area contributed by atoms with Gasteiger partial charge in [0.2, 0.25) is 0 Å². The van der Waals surface area contributed by atoms with Gasteiger partial charge in [0.25, 0.3) is 5.91 Å². The molecule has 2 amide bonds. The van der Waals surface area contributed by atoms with E-state index in [0.29, 0.717) is 18.8 Å². The van der Waals surface area contributed by atoms with Crippen LogP contribution in [0.1, 0.15) is 50.1 Å². The largest absolute Gasteiger partial charge is 0.436 e. The zero-order valence-electron chi connectivity index (χ0n) is 15.5. The topological polar surface area (TPSA) is 81.5 Å². The molecule has 0 aliphatic carbocycles. The van der Waals surface area contributed by atoms with Gasteiger partial charge in [-0.3, -0.25) is 13.6 Å². The van der Waals surface area contributed by atoms with E-state index in [1.807, 2.05) is 35.2 Å². The second-order valence-electron chi connectivity index (χ2n) is 6.40. The third-order valence-corrected chi connectivity index (χ3v) is 5.55. The van der Waals surface area contributed by atoms with Crippen LogP contribution in [0.25, 0.3) is 11.0 Å². The smallest absolute Gasteiger partial charge is 0.417 e. The zero-order chi connectivity index (χ0) is 19.4. The van der Waals surface area contributed by atoms with Gasteiger partial charge in [-0.25, -0.2) is 14.7 Å². The van der Waals surface area contributed by atoms with Gasteiger partial charge in [-0.2, -0.15) is 0 Å². The lowest BCUT2D eigenvalue weighted by Gasteiger charge is -2.10. The monoisotopic (exact) mass is 389 g/mol. The van der Waals surface area contributed by atoms with Gasteiger partial charge >= 0.3 is 6.09 Å². The van der Waals surface area contributed by atoms with E-state index < -0.39 is 12.2 Å². The Bertz CT molecular complexity index is 864. The number of nitrogens with zero attached hydrogens (tertiary/aromatic N) is 3. The Morgan fingerprint density at radius 2 is 2.00 bits per heavy atom. The predicted molar refractivity (Wildman–Crippen MR) is 104 cm³/mol. The highest BCUT2D eigenvalue weighted by Crippen LogP contribution is 2.24. The molecule has 1 aromatic heterocycles. The van der Waals surface area contributed by atoms with Crippen LogP contribution in [0, 0.1) is 0 Å². The summed E-state index contributed by atoms with van der Waals surface area (Å²) in [6.07, 6.45) is 1.72. The number of aromatic nitrogens is 2. The Hall–Kier alpha value is -2.35. The van der Waals surface area contributed by atoms with Crippen molar-refractivity contribution in [2.24, 2.45) is 0 Å². The molecule has 1 atom stereocenters. The molecule has 1 unspecified atom stereocenters. The van der Waals surface area contributed by atoms with Crippen LogP contribution in [0.3, 0.4) is 0 Å². The molecule has 3 rings (SSSR count). The normalized spacial score (nSPS) is 17.0. The van der Waals surface area contributed by atoms with Crippen LogP contribution >= 0.6 is 11.9 Å². The van der Waals surface area contributed by atoms with Gasteiger partial charge in [0.05, 0.1) is 11.0 Å². The third kappa shape index (κ3) is 4.16. The minimum absolute atomic E-state index is 0.0267. The molecule has 0 spiro atoms. The number of rotatable bonds is 9. The Balaban J connectivity index is 1.51. The number of unbranched alkanes of at least 4 members (excludes halogenated alkanes) is 2. The summed E-state index contributed by atoms with van der Waals surface area (Å²) in [5.74, 6) is 1.07. The van der Waals surface area contributed by atoms with Crippen molar-refractivity contribution in [2.75, 3.05) is 12.3 Å². The number of benzene rings is 1. The molecule has 1 aromatic carbocycles. The number of ketones is 1. The van der Waals surface area contributed by atoms with Gasteiger partial charge in [-0.15, -0.1) is 0 Å². The molecule has 1 saturated heterocycles. The fourth-order valence-electron chi connectivity index (χ4n) is 2.95. The molecule has 2 heterocycles. The van der Waals surface area contributed by atoms with Crippen molar-refractivity contribution in [1.29, 1.82) is 0 Å². The number of Topliss-reactive ketones (excluding diaryl/α,β-unsaturated/α-hetero) is 1. The van der Waals surface area contributed by atoms with Crippen LogP contribution in [0.2, 0.25) is 0 Å². The summed E-state index contributed by atoms with van der Waals surface area (Å²) in [4.78, 5) is 41.2. The molecule has 0 N–H and O–H groups in total. The summed E-state index contributed by atoms with van der Waals surface area (Å²) >= 11 is 1.57. The first kappa shape index (κ1) is 19.4. The first-order valence-electron chi connectivity index (χ1n) is 9.19. The highest BCUT2D eigenvalue weighted by molar-refractivity contribution is 7.98. The highest BCUT2D eigenvalue weighted by atomic mass is 32.2. The van der Waals surface area contributed by atoms with E-state index in [1.165, 1.54) is 4.90 Å². The quantitative estimate of drug-likeness (QED) is 0.481. The second-order valence-corrected chi connectivity index (χ2v) is 7.44. The summed E-state index contributed by atoms with van der Waals surface area (Å²) in [7, 11) is 0. The lowest BCUT2D eigenvalue weighted by Crippen LogP contribution is -2.31. The minimum Gasteiger partial charge on any atom is -0.436 e. The number of amides is 2. The van der Waals surface area contributed by atoms with Crippen molar-refractivity contribution >= 4 is 40.8 Å². The molecular formula is C19H23N3O4S. The molecule has 144 valence electrons. The Kier molecular flexibility index (Phi) is 6.15. The van der Waals surface area contributed by atoms with Crippen molar-refractivity contribution in [3.8, 4) is 0 Å². The average Bonchev–Trinajstić information content (AvgIpc) is 3.15. The maximum absolute atomic E-state index is 12.2. The van der Waals surface area contributed by atoms with Crippen LogP contribution in [0.4, 0.5) is 4.79 Å². The summed E-state index contributed by atoms with van der Waals surface area (Å²) in [5.41, 5.74) is 1.76. The van der Waals surface area contributed by atoms with Gasteiger partial charge in [0.15, 0.2) is 17.7 Å². The van der Waals surface area contributed by atoms with E-state index in [9.17, 15) is 14.4 Å². The molecule has 27 heavy (non-hydrogen) atoms. The summed E-state index contributed by atoms with van der Waals surface area (Å²) in [5, 5.41) is 0. The Labute approximate surface area is 162 Å². The Morgan fingerprint density at radius 3 is 2.70 bits per heavy atom. The molecule has 2 aromatic rings. The molecule has 8 heteroatoms. The van der Waals surface area contributed by atoms with Gasteiger partial charge in [0, 0.05) is 18.7 Å². The SMILES string of the molecule is CCC(=O)c1nc2ccccc2n1SCCCCCN1C(=O)OC(C)C1=O. The van der Waals surface area contributed by atoms with Crippen LogP contribution in [0.5, 0.6) is 0 Å². The molecule has 1 aliphatic heterocycles. The summed E-state index contributed by atoms with van der Waals surface area (Å²) in [6.45, 7) is 3.81. The molecule has 0 saturated carbocycles. The number of cyclic esters (lactones) is 1. The second kappa shape index (κ2) is 8.56. The van der Waals surface area contributed by atoms with Gasteiger partial charge < -0.3 is 4.74 Å². The fourth-order valence-corrected chi connectivity index (χ4v) is 4.02. The zero-order valence-corrected chi connectivity index (χ0v) is 16.3. The van der Waals surface area contributed by atoms with Crippen molar-refractivity contribution in [1.82, 2.24) is 13.9 Å². The van der Waals surface area contributed by atoms with E-state index in [-0.39, 0.29) is 11.7 Å². The summed E-state index contributed by atoms with van der Waals surface area (Å²) < 4.78 is 6.81. The molecule has 1 aliphatic rings. The van der Waals surface area contributed by atoms with E-state index in [4.69, 9.17) is 4.74 Å². The van der Waals surface area contributed by atoms with Gasteiger partial charge in [-0.05, 0) is 43.8 Å². The van der Waals surface area contributed by atoms with E-state index in [1.54, 1.807) is 18.9 Å². The van der Waals surface area contributed by atoms with Gasteiger partial charge in [0.1, 0.15) is 0 Å². The minimum atomic E-state index is -0.669. The maximum atomic E-state index is 12.2. The van der Waals surface area contributed by atoms with Crippen LogP contribution in [-0.4, -0.2) is 50.0 Å². The number of para-hydroxylation sites is 2. The third-order valence-electron chi connectivity index (χ3n) is 4.45. The molecule has 1 fully saturated rings. The Morgan fingerprint density at radius 1 is 1.22 bits per heavy atom. The van der Waals surface area contributed by atoms with Crippen LogP contribution in [0.15, 0.2) is 24.3 Å². The average molecular weight is 389 g/mol. The molecule has 0 bridgehead atoms. The fraction of sp³-hybridized carbons (Fsp3) is 0.474. The lowest BCUT2D eigenvalue weighted by molar-refractivity contribution is -0.129. The number of carbonyl (C=O) groups is 3. The van der Waals surface area contributed by atoms with Crippen molar-refractivity contribution in [3.05, 3.63) is 30.1 Å². The number of fused-ring (bicyclic) bond motifs is 1. The number of imidazole rings is 1. The first-order valence-corrected chi connectivity index (χ1v) is 10.1. The van der Waals surface area contributed by atoms with Crippen molar-refractivity contribution < 1.29 is 19.1 Å². The van der Waals surface area contributed by atoms with Crippen LogP contribution in [-0.2, 0) is 9.53 Å². The number of ether oxygens (including phenoxy) is 1. The van der Waals surface area contributed by atoms with Crippen LogP contribution < -0.4 is 0 Å². The van der Waals surface area contributed by atoms with Crippen molar-refractivity contribution in [2.45, 2.75) is 45.6 Å². The van der Waals surface area contributed by atoms with E-state index in [0.717, 1.165) is 36.0 Å².